The lowest BCUT2D eigenvalue weighted by molar-refractivity contribution is 0.0913. The van der Waals surface area contributed by atoms with Crippen molar-refractivity contribution < 1.29 is 4.79 Å². The van der Waals surface area contributed by atoms with Crippen LogP contribution in [0.1, 0.15) is 44.0 Å². The highest BCUT2D eigenvalue weighted by atomic mass is 16.2. The molecule has 1 unspecified atom stereocenters. The van der Waals surface area contributed by atoms with E-state index in [-0.39, 0.29) is 17.3 Å². The molecule has 1 amide bonds. The number of amidine groups is 1. The van der Waals surface area contributed by atoms with Gasteiger partial charge in [0.1, 0.15) is 23.4 Å². The second-order valence-electron chi connectivity index (χ2n) is 7.69. The van der Waals surface area contributed by atoms with E-state index >= 15 is 0 Å². The van der Waals surface area contributed by atoms with Crippen molar-refractivity contribution in [1.82, 2.24) is 10.3 Å². The number of hydrogen-bond acceptors (Lipinski definition) is 7. The van der Waals surface area contributed by atoms with Crippen LogP contribution < -0.4 is 26.8 Å². The van der Waals surface area contributed by atoms with Gasteiger partial charge in [-0.25, -0.2) is 4.99 Å². The van der Waals surface area contributed by atoms with Crippen molar-refractivity contribution in [1.29, 1.82) is 0 Å². The Bertz CT molecular complexity index is 995. The van der Waals surface area contributed by atoms with Gasteiger partial charge in [0.25, 0.3) is 16.8 Å². The zero-order valence-corrected chi connectivity index (χ0v) is 16.1. The molecule has 8 heteroatoms. The smallest absolute Gasteiger partial charge is 0.253 e. The molecule has 1 aliphatic heterocycles. The lowest BCUT2D eigenvalue weighted by Gasteiger charge is -2.33. The standard InChI is InChI=1S/C20H23N5O3/c1-20(2,3)19(25-18(28)12-7-10-21-11-8-12)24-15-14(16(26)17(15)27)23-13-6-4-5-9-22-13/h5,7-11,19,24H,4,6H2,1-3H3,(H,22,23)(H,25,28). The molecule has 8 nitrogen and oxygen atoms in total. The molecule has 146 valence electrons. The van der Waals surface area contributed by atoms with E-state index in [9.17, 15) is 14.4 Å². The number of carbonyl (C=O) groups excluding carboxylic acids is 1. The summed E-state index contributed by atoms with van der Waals surface area (Å²) in [5, 5.41) is 8.88. The fourth-order valence-electron chi connectivity index (χ4n) is 2.72. The summed E-state index contributed by atoms with van der Waals surface area (Å²) in [4.78, 5) is 44.8. The number of allylic oxidation sites excluding steroid dienone is 1. The van der Waals surface area contributed by atoms with E-state index in [1.165, 1.54) is 12.4 Å². The van der Waals surface area contributed by atoms with E-state index in [1.54, 1.807) is 18.3 Å². The lowest BCUT2D eigenvalue weighted by atomic mass is 9.91. The average molecular weight is 381 g/mol. The summed E-state index contributed by atoms with van der Waals surface area (Å²) in [7, 11) is 0. The Morgan fingerprint density at radius 1 is 1.11 bits per heavy atom. The van der Waals surface area contributed by atoms with Crippen molar-refractivity contribution in [2.75, 3.05) is 10.6 Å². The average Bonchev–Trinajstić information content (AvgIpc) is 2.69. The minimum atomic E-state index is -0.609. The van der Waals surface area contributed by atoms with Gasteiger partial charge in [-0.2, -0.15) is 0 Å². The number of nitrogens with zero attached hydrogens (tertiary/aromatic N) is 2. The summed E-state index contributed by atoms with van der Waals surface area (Å²) >= 11 is 0. The second-order valence-corrected chi connectivity index (χ2v) is 7.69. The van der Waals surface area contributed by atoms with Gasteiger partial charge in [-0.05, 0) is 18.6 Å². The highest BCUT2D eigenvalue weighted by Crippen LogP contribution is 2.24. The number of anilines is 2. The van der Waals surface area contributed by atoms with Gasteiger partial charge in [-0.1, -0.05) is 26.8 Å². The van der Waals surface area contributed by atoms with Crippen molar-refractivity contribution in [2.24, 2.45) is 10.4 Å². The molecule has 1 aromatic heterocycles. The van der Waals surface area contributed by atoms with E-state index in [0.717, 1.165) is 6.42 Å². The molecule has 3 N–H and O–H groups in total. The number of rotatable bonds is 5. The van der Waals surface area contributed by atoms with Gasteiger partial charge in [0.05, 0.1) is 0 Å². The number of amides is 1. The third-order valence-electron chi connectivity index (χ3n) is 4.44. The van der Waals surface area contributed by atoms with Gasteiger partial charge in [0.15, 0.2) is 0 Å². The number of nitrogens with one attached hydrogen (secondary N) is 3. The molecule has 28 heavy (non-hydrogen) atoms. The Kier molecular flexibility index (Phi) is 5.39. The summed E-state index contributed by atoms with van der Waals surface area (Å²) in [5.74, 6) is 0.329. The highest BCUT2D eigenvalue weighted by molar-refractivity contribution is 6.00. The number of aliphatic imine (C=N–C) groups is 1. The maximum absolute atomic E-state index is 12.5. The van der Waals surface area contributed by atoms with Crippen LogP contribution >= 0.6 is 0 Å². The zero-order chi connectivity index (χ0) is 20.3. The first-order chi connectivity index (χ1) is 13.3. The minimum Gasteiger partial charge on any atom is -0.360 e. The van der Waals surface area contributed by atoms with Crippen LogP contribution in [0.2, 0.25) is 0 Å². The van der Waals surface area contributed by atoms with Crippen LogP contribution in [0.5, 0.6) is 0 Å². The van der Waals surface area contributed by atoms with Crippen molar-refractivity contribution in [3.63, 3.8) is 0 Å². The molecule has 1 aromatic carbocycles. The molecule has 2 aromatic rings. The maximum Gasteiger partial charge on any atom is 0.253 e. The monoisotopic (exact) mass is 381 g/mol. The Labute approximate surface area is 162 Å². The molecule has 0 radical (unpaired) electrons. The largest absolute Gasteiger partial charge is 0.360 e. The van der Waals surface area contributed by atoms with Crippen LogP contribution in [0, 0.1) is 5.41 Å². The van der Waals surface area contributed by atoms with Crippen molar-refractivity contribution in [3.8, 4) is 0 Å². The van der Waals surface area contributed by atoms with Crippen LogP contribution in [-0.2, 0) is 0 Å². The normalized spacial score (nSPS) is 15.0. The van der Waals surface area contributed by atoms with Gasteiger partial charge in [0.2, 0.25) is 0 Å². The minimum absolute atomic E-state index is 0.164. The molecule has 2 heterocycles. The molecule has 3 rings (SSSR count). The second kappa shape index (κ2) is 7.75. The van der Waals surface area contributed by atoms with E-state index in [1.807, 2.05) is 26.8 Å². The molecular formula is C20H23N5O3. The van der Waals surface area contributed by atoms with Crippen LogP contribution in [-0.4, -0.2) is 22.9 Å². The van der Waals surface area contributed by atoms with Crippen molar-refractivity contribution in [3.05, 3.63) is 62.8 Å². The summed E-state index contributed by atoms with van der Waals surface area (Å²) in [6.07, 6.45) is 7.56. The third kappa shape index (κ3) is 4.16. The van der Waals surface area contributed by atoms with Crippen molar-refractivity contribution >= 4 is 23.1 Å². The fraction of sp³-hybridized carbons (Fsp3) is 0.350. The molecule has 0 bridgehead atoms. The van der Waals surface area contributed by atoms with E-state index in [0.29, 0.717) is 17.8 Å². The molecule has 0 aliphatic carbocycles. The van der Waals surface area contributed by atoms with Gasteiger partial charge < -0.3 is 16.0 Å². The van der Waals surface area contributed by atoms with E-state index in [2.05, 4.69) is 25.9 Å². The van der Waals surface area contributed by atoms with Gasteiger partial charge >= 0.3 is 0 Å². The fourth-order valence-corrected chi connectivity index (χ4v) is 2.72. The summed E-state index contributed by atoms with van der Waals surface area (Å²) in [6, 6.07) is 3.21. The van der Waals surface area contributed by atoms with E-state index < -0.39 is 22.4 Å². The van der Waals surface area contributed by atoms with Crippen molar-refractivity contribution in [2.45, 2.75) is 39.8 Å². The SMILES string of the molecule is CC(C)(C)C(NC(=O)c1ccncc1)Nc1c(NC2=NC=CCC2)c(=O)c1=O. The molecule has 0 saturated heterocycles. The Balaban J connectivity index is 1.80. The van der Waals surface area contributed by atoms with Crippen LogP contribution in [0.15, 0.2) is 51.4 Å². The molecule has 0 saturated carbocycles. The first kappa shape index (κ1) is 19.5. The zero-order valence-electron chi connectivity index (χ0n) is 16.1. The molecule has 0 fully saturated rings. The molecular weight excluding hydrogens is 358 g/mol. The Morgan fingerprint density at radius 3 is 2.39 bits per heavy atom. The Hall–Kier alpha value is -3.29. The topological polar surface area (TPSA) is 113 Å². The Morgan fingerprint density at radius 2 is 1.79 bits per heavy atom. The summed E-state index contributed by atoms with van der Waals surface area (Å²) in [6.45, 7) is 5.77. The molecule has 1 atom stereocenters. The van der Waals surface area contributed by atoms with E-state index in [4.69, 9.17) is 0 Å². The predicted molar refractivity (Wildman–Crippen MR) is 109 cm³/mol. The lowest BCUT2D eigenvalue weighted by Crippen LogP contribution is -2.52. The summed E-state index contributed by atoms with van der Waals surface area (Å²) in [5.41, 5.74) is -0.818. The van der Waals surface area contributed by atoms with Crippen LogP contribution in [0.4, 0.5) is 11.4 Å². The highest BCUT2D eigenvalue weighted by Gasteiger charge is 2.31. The maximum atomic E-state index is 12.5. The van der Waals surface area contributed by atoms with Crippen LogP contribution in [0.25, 0.3) is 0 Å². The first-order valence-corrected chi connectivity index (χ1v) is 9.07. The molecule has 0 spiro atoms. The van der Waals surface area contributed by atoms with Gasteiger partial charge in [-0.15, -0.1) is 0 Å². The third-order valence-corrected chi connectivity index (χ3v) is 4.44. The number of carbonyl (C=O) groups is 1. The quantitative estimate of drug-likeness (QED) is 0.539. The van der Waals surface area contributed by atoms with Crippen LogP contribution in [0.3, 0.4) is 0 Å². The van der Waals surface area contributed by atoms with Gasteiger partial charge in [0, 0.05) is 36.0 Å². The predicted octanol–water partition coefficient (Wildman–Crippen LogP) is 2.01. The summed E-state index contributed by atoms with van der Waals surface area (Å²) < 4.78 is 0. The molecule has 1 aliphatic rings. The first-order valence-electron chi connectivity index (χ1n) is 9.07. The number of aromatic nitrogens is 1. The van der Waals surface area contributed by atoms with Gasteiger partial charge in [-0.3, -0.25) is 19.4 Å². The number of hydrogen-bond donors (Lipinski definition) is 3. The number of pyridine rings is 1.